The molecule has 0 amide bonds. The van der Waals surface area contributed by atoms with Crippen LogP contribution in [-0.4, -0.2) is 13.5 Å². The van der Waals surface area contributed by atoms with Crippen LogP contribution in [0.2, 0.25) is 0 Å². The molecule has 110 valence electrons. The highest BCUT2D eigenvalue weighted by Crippen LogP contribution is 2.23. The molecule has 0 aliphatic heterocycles. The van der Waals surface area contributed by atoms with E-state index in [-0.39, 0.29) is 5.75 Å². The standard InChI is InChI=1S/C16H13F3O2/c1-20-14-8-4-12(5-9-14)2-3-13-6-10-15(11-7-13)21-16(17,18)19/h2-11H,1H3. The Morgan fingerprint density at radius 3 is 1.57 bits per heavy atom. The third-order valence-electron chi connectivity index (χ3n) is 2.70. The Labute approximate surface area is 120 Å². The number of benzene rings is 2. The van der Waals surface area contributed by atoms with Gasteiger partial charge in [-0.3, -0.25) is 0 Å². The fourth-order valence-electron chi connectivity index (χ4n) is 1.69. The lowest BCUT2D eigenvalue weighted by Gasteiger charge is -2.08. The predicted octanol–water partition coefficient (Wildman–Crippen LogP) is 4.76. The van der Waals surface area contributed by atoms with Gasteiger partial charge in [-0.1, -0.05) is 36.4 Å². The van der Waals surface area contributed by atoms with E-state index in [0.29, 0.717) is 0 Å². The van der Waals surface area contributed by atoms with E-state index >= 15 is 0 Å². The largest absolute Gasteiger partial charge is 0.573 e. The van der Waals surface area contributed by atoms with Crippen molar-refractivity contribution in [2.24, 2.45) is 0 Å². The molecule has 0 N–H and O–H groups in total. The summed E-state index contributed by atoms with van der Waals surface area (Å²) in [6.45, 7) is 0. The molecule has 2 nitrogen and oxygen atoms in total. The molecule has 0 aliphatic rings. The summed E-state index contributed by atoms with van der Waals surface area (Å²) in [6, 6.07) is 13.1. The first kappa shape index (κ1) is 15.0. The fraction of sp³-hybridized carbons (Fsp3) is 0.125. The average molecular weight is 294 g/mol. The van der Waals surface area contributed by atoms with Gasteiger partial charge in [0.05, 0.1) is 7.11 Å². The quantitative estimate of drug-likeness (QED) is 0.757. The Bertz CT molecular complexity index is 599. The van der Waals surface area contributed by atoms with Crippen LogP contribution >= 0.6 is 0 Å². The van der Waals surface area contributed by atoms with Gasteiger partial charge in [0, 0.05) is 0 Å². The summed E-state index contributed by atoms with van der Waals surface area (Å²) < 4.78 is 44.9. The first-order valence-electron chi connectivity index (χ1n) is 6.14. The third kappa shape index (κ3) is 4.87. The molecule has 21 heavy (non-hydrogen) atoms. The lowest BCUT2D eigenvalue weighted by molar-refractivity contribution is -0.274. The zero-order chi connectivity index (χ0) is 15.3. The molecule has 0 aromatic heterocycles. The predicted molar refractivity (Wildman–Crippen MR) is 75.0 cm³/mol. The van der Waals surface area contributed by atoms with Crippen LogP contribution in [0.25, 0.3) is 12.2 Å². The minimum atomic E-state index is -4.67. The second kappa shape index (κ2) is 6.35. The number of alkyl halides is 3. The highest BCUT2D eigenvalue weighted by molar-refractivity contribution is 5.70. The van der Waals surface area contributed by atoms with Gasteiger partial charge in [-0.25, -0.2) is 0 Å². The van der Waals surface area contributed by atoms with Crippen LogP contribution in [0.1, 0.15) is 11.1 Å². The summed E-state index contributed by atoms with van der Waals surface area (Å²) in [7, 11) is 1.59. The minimum Gasteiger partial charge on any atom is -0.497 e. The van der Waals surface area contributed by atoms with Gasteiger partial charge in [0.15, 0.2) is 0 Å². The van der Waals surface area contributed by atoms with Gasteiger partial charge in [-0.15, -0.1) is 13.2 Å². The van der Waals surface area contributed by atoms with Crippen molar-refractivity contribution in [3.63, 3.8) is 0 Å². The summed E-state index contributed by atoms with van der Waals surface area (Å²) in [5.74, 6) is 0.532. The van der Waals surface area contributed by atoms with Gasteiger partial charge in [-0.05, 0) is 35.4 Å². The third-order valence-corrected chi connectivity index (χ3v) is 2.70. The van der Waals surface area contributed by atoms with E-state index in [1.165, 1.54) is 12.1 Å². The number of hydrogen-bond donors (Lipinski definition) is 0. The topological polar surface area (TPSA) is 18.5 Å². The molecule has 2 rings (SSSR count). The summed E-state index contributed by atoms with van der Waals surface area (Å²) in [5, 5.41) is 0. The Morgan fingerprint density at radius 2 is 1.19 bits per heavy atom. The number of ether oxygens (including phenoxy) is 2. The van der Waals surface area contributed by atoms with Gasteiger partial charge in [0.1, 0.15) is 11.5 Å². The van der Waals surface area contributed by atoms with Gasteiger partial charge >= 0.3 is 6.36 Å². The van der Waals surface area contributed by atoms with Crippen molar-refractivity contribution >= 4 is 12.2 Å². The second-order valence-electron chi connectivity index (χ2n) is 4.22. The molecular formula is C16H13F3O2. The molecule has 5 heteroatoms. The lowest BCUT2D eigenvalue weighted by atomic mass is 10.1. The van der Waals surface area contributed by atoms with Crippen molar-refractivity contribution in [1.82, 2.24) is 0 Å². The first-order valence-corrected chi connectivity index (χ1v) is 6.14. The van der Waals surface area contributed by atoms with E-state index in [9.17, 15) is 13.2 Å². The molecule has 0 radical (unpaired) electrons. The molecule has 0 spiro atoms. The van der Waals surface area contributed by atoms with Crippen molar-refractivity contribution in [3.05, 3.63) is 59.7 Å². The van der Waals surface area contributed by atoms with Crippen LogP contribution in [-0.2, 0) is 0 Å². The summed E-state index contributed by atoms with van der Waals surface area (Å²) in [4.78, 5) is 0. The average Bonchev–Trinajstić information content (AvgIpc) is 2.45. The van der Waals surface area contributed by atoms with Gasteiger partial charge in [0.25, 0.3) is 0 Å². The monoisotopic (exact) mass is 294 g/mol. The van der Waals surface area contributed by atoms with E-state index in [2.05, 4.69) is 4.74 Å². The molecule has 0 heterocycles. The Morgan fingerprint density at radius 1 is 0.762 bits per heavy atom. The second-order valence-corrected chi connectivity index (χ2v) is 4.22. The van der Waals surface area contributed by atoms with Gasteiger partial charge in [-0.2, -0.15) is 0 Å². The molecule has 0 fully saturated rings. The Kier molecular flexibility index (Phi) is 4.52. The highest BCUT2D eigenvalue weighted by Gasteiger charge is 2.30. The normalized spacial score (nSPS) is 11.6. The highest BCUT2D eigenvalue weighted by atomic mass is 19.4. The van der Waals surface area contributed by atoms with Crippen molar-refractivity contribution in [3.8, 4) is 11.5 Å². The van der Waals surface area contributed by atoms with E-state index < -0.39 is 6.36 Å². The van der Waals surface area contributed by atoms with Crippen LogP contribution in [0, 0.1) is 0 Å². The van der Waals surface area contributed by atoms with E-state index in [4.69, 9.17) is 4.74 Å². The number of hydrogen-bond acceptors (Lipinski definition) is 2. The SMILES string of the molecule is COc1ccc(C=Cc2ccc(OC(F)(F)F)cc2)cc1. The molecule has 0 saturated heterocycles. The summed E-state index contributed by atoms with van der Waals surface area (Å²) in [5.41, 5.74) is 1.74. The number of halogens is 3. The summed E-state index contributed by atoms with van der Waals surface area (Å²) >= 11 is 0. The first-order chi connectivity index (χ1) is 9.96. The molecule has 0 unspecified atom stereocenters. The van der Waals surface area contributed by atoms with Crippen LogP contribution in [0.4, 0.5) is 13.2 Å². The molecule has 2 aromatic rings. The van der Waals surface area contributed by atoms with E-state index in [1.54, 1.807) is 25.3 Å². The van der Waals surface area contributed by atoms with Crippen LogP contribution in [0.5, 0.6) is 11.5 Å². The lowest BCUT2D eigenvalue weighted by Crippen LogP contribution is -2.16. The maximum atomic E-state index is 12.0. The van der Waals surface area contributed by atoms with Crippen molar-refractivity contribution in [2.45, 2.75) is 6.36 Å². The van der Waals surface area contributed by atoms with E-state index in [1.807, 2.05) is 30.3 Å². The maximum absolute atomic E-state index is 12.0. The summed E-state index contributed by atoms with van der Waals surface area (Å²) in [6.07, 6.45) is -1.00. The maximum Gasteiger partial charge on any atom is 0.573 e. The van der Waals surface area contributed by atoms with Gasteiger partial charge in [0.2, 0.25) is 0 Å². The van der Waals surface area contributed by atoms with Crippen molar-refractivity contribution in [1.29, 1.82) is 0 Å². The van der Waals surface area contributed by atoms with Crippen molar-refractivity contribution < 1.29 is 22.6 Å². The molecule has 2 aromatic carbocycles. The smallest absolute Gasteiger partial charge is 0.497 e. The fourth-order valence-corrected chi connectivity index (χ4v) is 1.69. The minimum absolute atomic E-state index is 0.232. The number of methoxy groups -OCH3 is 1. The van der Waals surface area contributed by atoms with Crippen LogP contribution < -0.4 is 9.47 Å². The van der Waals surface area contributed by atoms with Gasteiger partial charge < -0.3 is 9.47 Å². The molecule has 0 atom stereocenters. The molecular weight excluding hydrogens is 281 g/mol. The number of rotatable bonds is 4. The Hall–Kier alpha value is -2.43. The zero-order valence-corrected chi connectivity index (χ0v) is 11.2. The van der Waals surface area contributed by atoms with Crippen molar-refractivity contribution in [2.75, 3.05) is 7.11 Å². The Balaban J connectivity index is 2.03. The van der Waals surface area contributed by atoms with Crippen LogP contribution in [0.3, 0.4) is 0 Å². The van der Waals surface area contributed by atoms with E-state index in [0.717, 1.165) is 16.9 Å². The molecule has 0 aliphatic carbocycles. The zero-order valence-electron chi connectivity index (χ0n) is 11.2. The molecule has 0 saturated carbocycles. The van der Waals surface area contributed by atoms with Crippen LogP contribution in [0.15, 0.2) is 48.5 Å². The molecule has 0 bridgehead atoms.